The lowest BCUT2D eigenvalue weighted by atomic mass is 10.3. The molecule has 3 rings (SSSR count). The molecule has 0 aliphatic heterocycles. The first kappa shape index (κ1) is 17.1. The van der Waals surface area contributed by atoms with E-state index in [0.717, 1.165) is 6.54 Å². The predicted octanol–water partition coefficient (Wildman–Crippen LogP) is 3.00. The molecule has 2 aromatic rings. The van der Waals surface area contributed by atoms with Crippen LogP contribution in [0.1, 0.15) is 18.7 Å². The molecule has 0 unspecified atom stereocenters. The van der Waals surface area contributed by atoms with E-state index < -0.39 is 0 Å². The predicted molar refractivity (Wildman–Crippen MR) is 93.3 cm³/mol. The molecule has 1 heterocycles. The Labute approximate surface area is 149 Å². The van der Waals surface area contributed by atoms with E-state index in [1.54, 1.807) is 29.2 Å². The average Bonchev–Trinajstić information content (AvgIpc) is 3.27. The maximum Gasteiger partial charge on any atom is 0.232 e. The fourth-order valence-corrected chi connectivity index (χ4v) is 3.00. The van der Waals surface area contributed by atoms with Crippen molar-refractivity contribution in [1.29, 1.82) is 0 Å². The van der Waals surface area contributed by atoms with Crippen molar-refractivity contribution in [2.75, 3.05) is 19.3 Å². The van der Waals surface area contributed by atoms with Gasteiger partial charge in [-0.05, 0) is 43.0 Å². The number of carbonyl (C=O) groups excluding carboxylic acids is 1. The smallest absolute Gasteiger partial charge is 0.232 e. The maximum atomic E-state index is 12.0. The largest absolute Gasteiger partial charge is 0.486 e. The van der Waals surface area contributed by atoms with Crippen LogP contribution in [-0.4, -0.2) is 45.3 Å². The van der Waals surface area contributed by atoms with Gasteiger partial charge in [-0.15, -0.1) is 5.10 Å². The number of hydrogen-bond acceptors (Lipinski definition) is 5. The quantitative estimate of drug-likeness (QED) is 0.727. The summed E-state index contributed by atoms with van der Waals surface area (Å²) in [5, 5.41) is 8.14. The summed E-state index contributed by atoms with van der Waals surface area (Å²) in [6.07, 6.45) is 2.48. The number of nitrogens with one attached hydrogen (secondary N) is 1. The Morgan fingerprint density at radius 3 is 2.88 bits per heavy atom. The standard InChI is InChI=1S/C16H19ClN4O2S/c1-21(8-11-2-3-11)15(22)10-24-16-18-14(19-20-16)9-23-13-6-4-12(17)5-7-13/h4-7,11H,2-3,8-10H2,1H3,(H,18,19,20). The molecule has 1 aliphatic carbocycles. The van der Waals surface area contributed by atoms with Crippen LogP contribution >= 0.6 is 23.4 Å². The summed E-state index contributed by atoms with van der Waals surface area (Å²) in [7, 11) is 1.85. The fourth-order valence-electron chi connectivity index (χ4n) is 2.12. The van der Waals surface area contributed by atoms with Crippen molar-refractivity contribution < 1.29 is 9.53 Å². The number of nitrogens with zero attached hydrogens (tertiary/aromatic N) is 3. The van der Waals surface area contributed by atoms with Gasteiger partial charge in [-0.1, -0.05) is 23.4 Å². The van der Waals surface area contributed by atoms with E-state index in [2.05, 4.69) is 15.2 Å². The summed E-state index contributed by atoms with van der Waals surface area (Å²) in [4.78, 5) is 18.1. The summed E-state index contributed by atoms with van der Waals surface area (Å²) in [6, 6.07) is 7.12. The summed E-state index contributed by atoms with van der Waals surface area (Å²) in [5.74, 6) is 2.48. The molecular weight excluding hydrogens is 348 g/mol. The van der Waals surface area contributed by atoms with Crippen LogP contribution in [0, 0.1) is 5.92 Å². The number of hydrogen-bond donors (Lipinski definition) is 1. The lowest BCUT2D eigenvalue weighted by Crippen LogP contribution is -2.30. The maximum absolute atomic E-state index is 12.0. The lowest BCUT2D eigenvalue weighted by Gasteiger charge is -2.15. The number of aromatic amines is 1. The topological polar surface area (TPSA) is 71.1 Å². The minimum absolute atomic E-state index is 0.107. The van der Waals surface area contributed by atoms with Crippen molar-refractivity contribution in [3.8, 4) is 5.75 Å². The number of thioether (sulfide) groups is 1. The fraction of sp³-hybridized carbons (Fsp3) is 0.438. The second-order valence-corrected chi connectivity index (χ2v) is 7.19. The van der Waals surface area contributed by atoms with Crippen LogP contribution in [0.25, 0.3) is 0 Å². The SMILES string of the molecule is CN(CC1CC1)C(=O)CSc1n[nH]c(COc2ccc(Cl)cc2)n1. The highest BCUT2D eigenvalue weighted by Crippen LogP contribution is 2.29. The number of ether oxygens (including phenoxy) is 1. The lowest BCUT2D eigenvalue weighted by molar-refractivity contribution is -0.127. The highest BCUT2D eigenvalue weighted by Gasteiger charge is 2.24. The molecular formula is C16H19ClN4O2S. The van der Waals surface area contributed by atoms with Crippen LogP contribution in [0.3, 0.4) is 0 Å². The van der Waals surface area contributed by atoms with E-state index in [4.69, 9.17) is 16.3 Å². The second kappa shape index (κ2) is 7.90. The highest BCUT2D eigenvalue weighted by molar-refractivity contribution is 7.99. The van der Waals surface area contributed by atoms with E-state index in [1.807, 2.05) is 7.05 Å². The van der Waals surface area contributed by atoms with Crippen LogP contribution in [0.2, 0.25) is 5.02 Å². The molecule has 24 heavy (non-hydrogen) atoms. The number of amides is 1. The molecule has 0 saturated heterocycles. The zero-order chi connectivity index (χ0) is 16.9. The van der Waals surface area contributed by atoms with Crippen LogP contribution in [0.15, 0.2) is 29.4 Å². The molecule has 128 valence electrons. The Morgan fingerprint density at radius 2 is 2.17 bits per heavy atom. The first-order valence-electron chi connectivity index (χ1n) is 7.76. The van der Waals surface area contributed by atoms with Crippen LogP contribution in [-0.2, 0) is 11.4 Å². The summed E-state index contributed by atoms with van der Waals surface area (Å²) in [6.45, 7) is 1.14. The van der Waals surface area contributed by atoms with Gasteiger partial charge in [-0.25, -0.2) is 4.98 Å². The molecule has 1 saturated carbocycles. The zero-order valence-electron chi connectivity index (χ0n) is 13.4. The van der Waals surface area contributed by atoms with Crippen molar-refractivity contribution in [3.05, 3.63) is 35.1 Å². The minimum Gasteiger partial charge on any atom is -0.486 e. The molecule has 8 heteroatoms. The van der Waals surface area contributed by atoms with Gasteiger partial charge in [-0.3, -0.25) is 9.89 Å². The van der Waals surface area contributed by atoms with Gasteiger partial charge in [-0.2, -0.15) is 0 Å². The second-order valence-electron chi connectivity index (χ2n) is 5.81. The zero-order valence-corrected chi connectivity index (χ0v) is 14.9. The van der Waals surface area contributed by atoms with Crippen LogP contribution in [0.5, 0.6) is 5.75 Å². The van der Waals surface area contributed by atoms with Gasteiger partial charge < -0.3 is 9.64 Å². The Hall–Kier alpha value is -1.73. The molecule has 0 atom stereocenters. The molecule has 1 fully saturated rings. The van der Waals surface area contributed by atoms with Gasteiger partial charge in [0, 0.05) is 18.6 Å². The molecule has 6 nitrogen and oxygen atoms in total. The molecule has 0 radical (unpaired) electrons. The van der Waals surface area contributed by atoms with Crippen molar-refractivity contribution in [2.45, 2.75) is 24.6 Å². The van der Waals surface area contributed by atoms with Crippen molar-refractivity contribution in [1.82, 2.24) is 20.1 Å². The Kier molecular flexibility index (Phi) is 5.63. The van der Waals surface area contributed by atoms with Crippen molar-refractivity contribution >= 4 is 29.3 Å². The van der Waals surface area contributed by atoms with E-state index in [9.17, 15) is 4.79 Å². The number of halogens is 1. The highest BCUT2D eigenvalue weighted by atomic mass is 35.5. The third-order valence-electron chi connectivity index (χ3n) is 3.68. The number of carbonyl (C=O) groups is 1. The normalized spacial score (nSPS) is 13.8. The Balaban J connectivity index is 1.43. The Bertz CT molecular complexity index is 688. The summed E-state index contributed by atoms with van der Waals surface area (Å²) in [5.41, 5.74) is 0. The van der Waals surface area contributed by atoms with Gasteiger partial charge in [0.05, 0.1) is 5.75 Å². The number of rotatable bonds is 8. The molecule has 1 amide bonds. The third kappa shape index (κ3) is 5.14. The molecule has 0 spiro atoms. The minimum atomic E-state index is 0.107. The van der Waals surface area contributed by atoms with Gasteiger partial charge in [0.2, 0.25) is 11.1 Å². The summed E-state index contributed by atoms with van der Waals surface area (Å²) >= 11 is 7.16. The van der Waals surface area contributed by atoms with E-state index in [-0.39, 0.29) is 12.5 Å². The van der Waals surface area contributed by atoms with Crippen LogP contribution in [0.4, 0.5) is 0 Å². The van der Waals surface area contributed by atoms with Crippen molar-refractivity contribution in [2.24, 2.45) is 5.92 Å². The third-order valence-corrected chi connectivity index (χ3v) is 4.76. The Morgan fingerprint density at radius 1 is 1.42 bits per heavy atom. The molecule has 1 aromatic carbocycles. The number of H-pyrrole nitrogens is 1. The van der Waals surface area contributed by atoms with E-state index in [0.29, 0.717) is 33.4 Å². The average molecular weight is 367 g/mol. The number of aromatic nitrogens is 3. The first-order chi connectivity index (χ1) is 11.6. The molecule has 0 bridgehead atoms. The summed E-state index contributed by atoms with van der Waals surface area (Å²) < 4.78 is 5.60. The molecule has 1 aromatic heterocycles. The van der Waals surface area contributed by atoms with Crippen molar-refractivity contribution in [3.63, 3.8) is 0 Å². The van der Waals surface area contributed by atoms with Gasteiger partial charge in [0.1, 0.15) is 12.4 Å². The molecule has 1 N–H and O–H groups in total. The van der Waals surface area contributed by atoms with Gasteiger partial charge in [0.25, 0.3) is 0 Å². The monoisotopic (exact) mass is 366 g/mol. The van der Waals surface area contributed by atoms with Gasteiger partial charge in [0.15, 0.2) is 5.82 Å². The van der Waals surface area contributed by atoms with E-state index >= 15 is 0 Å². The number of benzene rings is 1. The first-order valence-corrected chi connectivity index (χ1v) is 9.13. The van der Waals surface area contributed by atoms with E-state index in [1.165, 1.54) is 24.6 Å². The van der Waals surface area contributed by atoms with Gasteiger partial charge >= 0.3 is 0 Å². The van der Waals surface area contributed by atoms with Crippen LogP contribution < -0.4 is 4.74 Å². The molecule has 1 aliphatic rings.